The minimum absolute atomic E-state index is 0.0813. The van der Waals surface area contributed by atoms with E-state index in [1.54, 1.807) is 24.5 Å². The van der Waals surface area contributed by atoms with Gasteiger partial charge >= 0.3 is 0 Å². The number of likely N-dealkylation sites (tertiary alicyclic amines) is 2. The van der Waals surface area contributed by atoms with Crippen LogP contribution < -0.4 is 14.2 Å². The second-order valence-electron chi connectivity index (χ2n) is 12.4. The summed E-state index contributed by atoms with van der Waals surface area (Å²) in [7, 11) is 1.61. The van der Waals surface area contributed by atoms with E-state index in [9.17, 15) is 9.59 Å². The number of carbonyl (C=O) groups is 2. The molecule has 5 aromatic rings. The van der Waals surface area contributed by atoms with Crippen molar-refractivity contribution >= 4 is 33.1 Å². The van der Waals surface area contributed by atoms with Gasteiger partial charge in [0.25, 0.3) is 0 Å². The van der Waals surface area contributed by atoms with Crippen molar-refractivity contribution in [3.8, 4) is 27.7 Å². The molecule has 0 aliphatic carbocycles. The summed E-state index contributed by atoms with van der Waals surface area (Å²) in [5.74, 6) is 2.25. The Balaban J connectivity index is 1.19. The van der Waals surface area contributed by atoms with E-state index in [2.05, 4.69) is 4.90 Å². The number of fused-ring (bicyclic) bond motifs is 1. The number of ketones is 1. The van der Waals surface area contributed by atoms with Crippen LogP contribution in [-0.2, 0) is 17.9 Å². The molecule has 2 fully saturated rings. The summed E-state index contributed by atoms with van der Waals surface area (Å²) in [5.41, 5.74) is 4.12. The molecule has 2 aliphatic heterocycles. The van der Waals surface area contributed by atoms with Gasteiger partial charge in [-0.05, 0) is 92.0 Å². The molecular formula is C40H40N2O5S. The zero-order valence-corrected chi connectivity index (χ0v) is 28.1. The van der Waals surface area contributed by atoms with Crippen LogP contribution in [-0.4, -0.2) is 61.4 Å². The fourth-order valence-corrected chi connectivity index (χ4v) is 7.81. The number of thiophene rings is 1. The molecule has 0 spiro atoms. The van der Waals surface area contributed by atoms with Crippen LogP contribution in [0.15, 0.2) is 91.0 Å². The SMILES string of the molecule is COc1cc(C(=O)c2c(-c3ccc(OCCN4CCCC4)cc3)sc3cc(OCc4ccccc4)ccc23)ccc1CN1CCCC1=O. The van der Waals surface area contributed by atoms with E-state index < -0.39 is 0 Å². The van der Waals surface area contributed by atoms with Gasteiger partial charge in [-0.15, -0.1) is 11.3 Å². The number of benzene rings is 4. The topological polar surface area (TPSA) is 68.3 Å². The highest BCUT2D eigenvalue weighted by Crippen LogP contribution is 2.42. The monoisotopic (exact) mass is 660 g/mol. The largest absolute Gasteiger partial charge is 0.496 e. The third kappa shape index (κ3) is 7.10. The molecule has 0 atom stereocenters. The van der Waals surface area contributed by atoms with Crippen LogP contribution >= 0.6 is 11.3 Å². The third-order valence-electron chi connectivity index (χ3n) is 9.21. The first kappa shape index (κ1) is 31.9. The highest BCUT2D eigenvalue weighted by molar-refractivity contribution is 7.22. The Hall–Kier alpha value is -4.66. The Morgan fingerprint density at radius 1 is 0.833 bits per heavy atom. The summed E-state index contributed by atoms with van der Waals surface area (Å²) >= 11 is 1.59. The zero-order chi connectivity index (χ0) is 32.9. The third-order valence-corrected chi connectivity index (χ3v) is 10.4. The molecule has 48 heavy (non-hydrogen) atoms. The van der Waals surface area contributed by atoms with Crippen LogP contribution in [0, 0.1) is 0 Å². The lowest BCUT2D eigenvalue weighted by molar-refractivity contribution is -0.128. The first-order chi connectivity index (χ1) is 23.6. The van der Waals surface area contributed by atoms with Gasteiger partial charge in [-0.25, -0.2) is 0 Å². The van der Waals surface area contributed by atoms with E-state index >= 15 is 0 Å². The average molecular weight is 661 g/mol. The molecule has 0 bridgehead atoms. The molecule has 1 aromatic heterocycles. The van der Waals surface area contributed by atoms with Crippen LogP contribution in [0.3, 0.4) is 0 Å². The average Bonchev–Trinajstić information content (AvgIpc) is 3.88. The van der Waals surface area contributed by atoms with Crippen LogP contribution in [0.5, 0.6) is 17.2 Å². The van der Waals surface area contributed by atoms with Crippen molar-refractivity contribution in [1.29, 1.82) is 0 Å². The fourth-order valence-electron chi connectivity index (χ4n) is 6.58. The maximum atomic E-state index is 14.4. The molecule has 0 N–H and O–H groups in total. The van der Waals surface area contributed by atoms with Crippen LogP contribution in [0.1, 0.15) is 52.7 Å². The van der Waals surface area contributed by atoms with E-state index in [1.807, 2.05) is 89.8 Å². The second kappa shape index (κ2) is 14.6. The molecular weight excluding hydrogens is 621 g/mol. The van der Waals surface area contributed by atoms with Crippen LogP contribution in [0.2, 0.25) is 0 Å². The maximum Gasteiger partial charge on any atom is 0.222 e. The molecule has 246 valence electrons. The molecule has 1 amide bonds. The Morgan fingerprint density at radius 2 is 1.62 bits per heavy atom. The molecule has 7 nitrogen and oxygen atoms in total. The minimum atomic E-state index is -0.0813. The van der Waals surface area contributed by atoms with Gasteiger partial charge in [0.05, 0.1) is 7.11 Å². The predicted molar refractivity (Wildman–Crippen MR) is 190 cm³/mol. The fraction of sp³-hybridized carbons (Fsp3) is 0.300. The van der Waals surface area contributed by atoms with Crippen LogP contribution in [0.25, 0.3) is 20.5 Å². The van der Waals surface area contributed by atoms with Crippen molar-refractivity contribution in [2.75, 3.05) is 39.9 Å². The Kier molecular flexibility index (Phi) is 9.72. The summed E-state index contributed by atoms with van der Waals surface area (Å²) in [6.07, 6.45) is 3.98. The van der Waals surface area contributed by atoms with Gasteiger partial charge in [-0.3, -0.25) is 14.5 Å². The van der Waals surface area contributed by atoms with Crippen molar-refractivity contribution in [1.82, 2.24) is 9.80 Å². The second-order valence-corrected chi connectivity index (χ2v) is 13.5. The highest BCUT2D eigenvalue weighted by atomic mass is 32.1. The maximum absolute atomic E-state index is 14.4. The molecule has 2 aliphatic rings. The molecule has 4 aromatic carbocycles. The van der Waals surface area contributed by atoms with Crippen molar-refractivity contribution in [2.24, 2.45) is 0 Å². The summed E-state index contributed by atoms with van der Waals surface area (Å²) in [5, 5.41) is 0.878. The van der Waals surface area contributed by atoms with E-state index in [0.29, 0.717) is 43.1 Å². The Morgan fingerprint density at radius 3 is 2.38 bits per heavy atom. The quantitative estimate of drug-likeness (QED) is 0.119. The van der Waals surface area contributed by atoms with Gasteiger partial charge in [-0.1, -0.05) is 42.5 Å². The van der Waals surface area contributed by atoms with E-state index in [1.165, 1.54) is 12.8 Å². The molecule has 0 radical (unpaired) electrons. The van der Waals surface area contributed by atoms with E-state index in [-0.39, 0.29) is 11.7 Å². The summed E-state index contributed by atoms with van der Waals surface area (Å²) in [6.45, 7) is 5.56. The standard InChI is InChI=1S/C40H40N2O5S/c1-45-35-24-30(11-12-31(35)26-42-21-7-10-37(42)43)39(44)38-34-18-17-33(47-27-28-8-3-2-4-9-28)25-36(34)48-40(38)29-13-15-32(16-14-29)46-23-22-41-19-5-6-20-41/h2-4,8-9,11-18,24-25H,5-7,10,19-23,26-27H2,1H3. The number of methoxy groups -OCH3 is 1. The number of hydrogen-bond acceptors (Lipinski definition) is 7. The zero-order valence-electron chi connectivity index (χ0n) is 27.3. The summed E-state index contributed by atoms with van der Waals surface area (Å²) < 4.78 is 18.9. The van der Waals surface area contributed by atoms with E-state index in [0.717, 1.165) is 75.8 Å². The molecule has 2 saturated heterocycles. The van der Waals surface area contributed by atoms with Crippen molar-refractivity contribution in [3.05, 3.63) is 113 Å². The lowest BCUT2D eigenvalue weighted by Gasteiger charge is -2.18. The smallest absolute Gasteiger partial charge is 0.222 e. The molecule has 8 heteroatoms. The number of ether oxygens (including phenoxy) is 3. The van der Waals surface area contributed by atoms with Gasteiger partial charge in [0.1, 0.15) is 30.5 Å². The molecule has 7 rings (SSSR count). The van der Waals surface area contributed by atoms with Gasteiger partial charge in [0.15, 0.2) is 5.78 Å². The van der Waals surface area contributed by atoms with Gasteiger partial charge < -0.3 is 19.1 Å². The molecule has 0 unspecified atom stereocenters. The summed E-state index contributed by atoms with van der Waals surface area (Å²) in [6, 6.07) is 29.7. The minimum Gasteiger partial charge on any atom is -0.496 e. The van der Waals surface area contributed by atoms with Gasteiger partial charge in [0.2, 0.25) is 5.91 Å². The summed E-state index contributed by atoms with van der Waals surface area (Å²) in [4.78, 5) is 31.9. The van der Waals surface area contributed by atoms with E-state index in [4.69, 9.17) is 14.2 Å². The first-order valence-electron chi connectivity index (χ1n) is 16.7. The predicted octanol–water partition coefficient (Wildman–Crippen LogP) is 7.98. The van der Waals surface area contributed by atoms with Crippen molar-refractivity contribution < 1.29 is 23.8 Å². The Labute approximate surface area is 285 Å². The highest BCUT2D eigenvalue weighted by Gasteiger charge is 2.25. The first-order valence-corrected chi connectivity index (χ1v) is 17.6. The van der Waals surface area contributed by atoms with Gasteiger partial charge in [-0.2, -0.15) is 0 Å². The number of nitrogens with zero attached hydrogens (tertiary/aromatic N) is 2. The Bertz CT molecular complexity index is 1900. The molecule has 3 heterocycles. The molecule has 0 saturated carbocycles. The van der Waals surface area contributed by atoms with Crippen molar-refractivity contribution in [3.63, 3.8) is 0 Å². The lowest BCUT2D eigenvalue weighted by atomic mass is 9.96. The number of rotatable bonds is 13. The lowest BCUT2D eigenvalue weighted by Crippen LogP contribution is -2.25. The van der Waals surface area contributed by atoms with Crippen LogP contribution in [0.4, 0.5) is 0 Å². The normalized spacial score (nSPS) is 14.9. The number of amides is 1. The van der Waals surface area contributed by atoms with Gasteiger partial charge in [0, 0.05) is 57.7 Å². The number of hydrogen-bond donors (Lipinski definition) is 0. The van der Waals surface area contributed by atoms with Crippen molar-refractivity contribution in [2.45, 2.75) is 38.8 Å². The number of carbonyl (C=O) groups excluding carboxylic acids is 2.